The van der Waals surface area contributed by atoms with Gasteiger partial charge in [0.1, 0.15) is 5.75 Å². The standard InChI is InChI=1S/C16H16N2O2/c1-17-13-6-3-11(4-7-13)12-5-8-15-14(9-12)18(2)16(19)10-20-15/h3-9,17H,10H2,1-2H3. The van der Waals surface area contributed by atoms with Gasteiger partial charge in [0.25, 0.3) is 5.91 Å². The van der Waals surface area contributed by atoms with Crippen LogP contribution in [0.3, 0.4) is 0 Å². The summed E-state index contributed by atoms with van der Waals surface area (Å²) in [6.07, 6.45) is 0. The smallest absolute Gasteiger partial charge is 0.264 e. The molecule has 0 unspecified atom stereocenters. The molecule has 4 heteroatoms. The third kappa shape index (κ3) is 2.09. The maximum atomic E-state index is 11.7. The molecule has 1 N–H and O–H groups in total. The Labute approximate surface area is 118 Å². The number of nitrogens with one attached hydrogen (secondary N) is 1. The van der Waals surface area contributed by atoms with E-state index in [9.17, 15) is 4.79 Å². The number of ether oxygens (including phenoxy) is 1. The second-order valence-electron chi connectivity index (χ2n) is 4.75. The highest BCUT2D eigenvalue weighted by atomic mass is 16.5. The van der Waals surface area contributed by atoms with Crippen LogP contribution in [0.5, 0.6) is 5.75 Å². The number of hydrogen-bond acceptors (Lipinski definition) is 3. The fraction of sp³-hybridized carbons (Fsp3) is 0.188. The monoisotopic (exact) mass is 268 g/mol. The van der Waals surface area contributed by atoms with Crippen LogP contribution < -0.4 is 15.0 Å². The molecule has 2 aromatic carbocycles. The summed E-state index contributed by atoms with van der Waals surface area (Å²) >= 11 is 0. The molecule has 1 aliphatic heterocycles. The number of carbonyl (C=O) groups excluding carboxylic acids is 1. The van der Waals surface area contributed by atoms with E-state index in [4.69, 9.17) is 4.74 Å². The Balaban J connectivity index is 2.00. The van der Waals surface area contributed by atoms with E-state index in [1.54, 1.807) is 11.9 Å². The summed E-state index contributed by atoms with van der Waals surface area (Å²) in [6, 6.07) is 14.1. The topological polar surface area (TPSA) is 41.6 Å². The zero-order valence-electron chi connectivity index (χ0n) is 11.5. The van der Waals surface area contributed by atoms with E-state index in [0.29, 0.717) is 0 Å². The first-order valence-corrected chi connectivity index (χ1v) is 6.50. The van der Waals surface area contributed by atoms with Gasteiger partial charge >= 0.3 is 0 Å². The third-order valence-electron chi connectivity index (χ3n) is 3.55. The molecule has 3 rings (SSSR count). The van der Waals surface area contributed by atoms with Gasteiger partial charge in [-0.2, -0.15) is 0 Å². The van der Waals surface area contributed by atoms with Gasteiger partial charge < -0.3 is 15.0 Å². The molecule has 0 saturated heterocycles. The van der Waals surface area contributed by atoms with Gasteiger partial charge in [-0.3, -0.25) is 4.79 Å². The van der Waals surface area contributed by atoms with Gasteiger partial charge in [0.05, 0.1) is 5.69 Å². The summed E-state index contributed by atoms with van der Waals surface area (Å²) in [7, 11) is 3.67. The van der Waals surface area contributed by atoms with Crippen LogP contribution in [0, 0.1) is 0 Å². The lowest BCUT2D eigenvalue weighted by Gasteiger charge is -2.26. The van der Waals surface area contributed by atoms with Crippen LogP contribution in [-0.4, -0.2) is 26.6 Å². The van der Waals surface area contributed by atoms with Crippen molar-refractivity contribution in [3.8, 4) is 16.9 Å². The zero-order valence-corrected chi connectivity index (χ0v) is 11.5. The second-order valence-corrected chi connectivity index (χ2v) is 4.75. The molecular weight excluding hydrogens is 252 g/mol. The van der Waals surface area contributed by atoms with Crippen LogP contribution in [0.15, 0.2) is 42.5 Å². The lowest BCUT2D eigenvalue weighted by atomic mass is 10.0. The molecule has 1 amide bonds. The molecule has 20 heavy (non-hydrogen) atoms. The lowest BCUT2D eigenvalue weighted by molar-refractivity contribution is -0.120. The summed E-state index contributed by atoms with van der Waals surface area (Å²) in [5, 5.41) is 3.10. The molecule has 0 aliphatic carbocycles. The van der Waals surface area contributed by atoms with E-state index in [0.717, 1.165) is 28.3 Å². The molecular formula is C16H16N2O2. The van der Waals surface area contributed by atoms with Gasteiger partial charge in [-0.05, 0) is 35.4 Å². The fourth-order valence-electron chi connectivity index (χ4n) is 2.28. The second kappa shape index (κ2) is 4.89. The van der Waals surface area contributed by atoms with Crippen molar-refractivity contribution in [3.63, 3.8) is 0 Å². The molecule has 0 atom stereocenters. The maximum absolute atomic E-state index is 11.7. The Morgan fingerprint density at radius 1 is 1.10 bits per heavy atom. The minimum absolute atomic E-state index is 0.0276. The van der Waals surface area contributed by atoms with Crippen LogP contribution in [0.25, 0.3) is 11.1 Å². The van der Waals surface area contributed by atoms with E-state index in [1.807, 2.05) is 37.4 Å². The molecule has 0 fully saturated rings. The first-order chi connectivity index (χ1) is 9.69. The van der Waals surface area contributed by atoms with E-state index >= 15 is 0 Å². The average Bonchev–Trinajstić information content (AvgIpc) is 2.51. The predicted octanol–water partition coefficient (Wildman–Crippen LogP) is 2.75. The van der Waals surface area contributed by atoms with E-state index in [-0.39, 0.29) is 12.5 Å². The van der Waals surface area contributed by atoms with Gasteiger partial charge in [-0.15, -0.1) is 0 Å². The molecule has 0 spiro atoms. The number of anilines is 2. The first-order valence-electron chi connectivity index (χ1n) is 6.50. The van der Waals surface area contributed by atoms with Crippen LogP contribution >= 0.6 is 0 Å². The highest BCUT2D eigenvalue weighted by Crippen LogP contribution is 2.35. The number of benzene rings is 2. The minimum Gasteiger partial charge on any atom is -0.482 e. The maximum Gasteiger partial charge on any atom is 0.264 e. The number of carbonyl (C=O) groups is 1. The molecule has 1 heterocycles. The summed E-state index contributed by atoms with van der Waals surface area (Å²) in [5.41, 5.74) is 4.06. The molecule has 0 radical (unpaired) electrons. The number of hydrogen-bond donors (Lipinski definition) is 1. The van der Waals surface area contributed by atoms with Crippen LogP contribution in [0.4, 0.5) is 11.4 Å². The largest absolute Gasteiger partial charge is 0.482 e. The Morgan fingerprint density at radius 3 is 2.50 bits per heavy atom. The van der Waals surface area contributed by atoms with Crippen LogP contribution in [-0.2, 0) is 4.79 Å². The minimum atomic E-state index is -0.0276. The van der Waals surface area contributed by atoms with Gasteiger partial charge in [0.2, 0.25) is 0 Å². The number of likely N-dealkylation sites (N-methyl/N-ethyl adjacent to an activating group) is 1. The highest BCUT2D eigenvalue weighted by molar-refractivity contribution is 5.98. The number of nitrogens with zero attached hydrogens (tertiary/aromatic N) is 1. The summed E-state index contributed by atoms with van der Waals surface area (Å²) < 4.78 is 5.43. The van der Waals surface area contributed by atoms with Crippen molar-refractivity contribution in [3.05, 3.63) is 42.5 Å². The first kappa shape index (κ1) is 12.5. The number of amides is 1. The summed E-state index contributed by atoms with van der Waals surface area (Å²) in [4.78, 5) is 13.3. The average molecular weight is 268 g/mol. The summed E-state index contributed by atoms with van der Waals surface area (Å²) in [5.74, 6) is 0.725. The van der Waals surface area contributed by atoms with Crippen molar-refractivity contribution in [1.29, 1.82) is 0 Å². The van der Waals surface area contributed by atoms with Gasteiger partial charge in [0.15, 0.2) is 6.61 Å². The van der Waals surface area contributed by atoms with E-state index in [2.05, 4.69) is 17.4 Å². The number of fused-ring (bicyclic) bond motifs is 1. The molecule has 0 aromatic heterocycles. The van der Waals surface area contributed by atoms with Crippen molar-refractivity contribution in [1.82, 2.24) is 0 Å². The Bertz CT molecular complexity index is 650. The Kier molecular flexibility index (Phi) is 3.06. The SMILES string of the molecule is CNc1ccc(-c2ccc3c(c2)N(C)C(=O)CO3)cc1. The molecule has 102 valence electrons. The summed E-state index contributed by atoms with van der Waals surface area (Å²) in [6.45, 7) is 0.111. The van der Waals surface area contributed by atoms with E-state index < -0.39 is 0 Å². The van der Waals surface area contributed by atoms with Crippen LogP contribution in [0.1, 0.15) is 0 Å². The van der Waals surface area contributed by atoms with Crippen molar-refractivity contribution >= 4 is 17.3 Å². The van der Waals surface area contributed by atoms with Crippen molar-refractivity contribution in [2.45, 2.75) is 0 Å². The molecule has 4 nitrogen and oxygen atoms in total. The molecule has 2 aromatic rings. The van der Waals surface area contributed by atoms with E-state index in [1.165, 1.54) is 0 Å². The van der Waals surface area contributed by atoms with Gasteiger partial charge in [0, 0.05) is 19.8 Å². The number of rotatable bonds is 2. The molecule has 1 aliphatic rings. The highest BCUT2D eigenvalue weighted by Gasteiger charge is 2.22. The Morgan fingerprint density at radius 2 is 1.80 bits per heavy atom. The van der Waals surface area contributed by atoms with Gasteiger partial charge in [-0.1, -0.05) is 18.2 Å². The van der Waals surface area contributed by atoms with Gasteiger partial charge in [-0.25, -0.2) is 0 Å². The predicted molar refractivity (Wildman–Crippen MR) is 80.3 cm³/mol. The van der Waals surface area contributed by atoms with Crippen molar-refractivity contribution < 1.29 is 9.53 Å². The van der Waals surface area contributed by atoms with Crippen molar-refractivity contribution in [2.24, 2.45) is 0 Å². The third-order valence-corrected chi connectivity index (χ3v) is 3.55. The zero-order chi connectivity index (χ0) is 14.1. The molecule has 0 bridgehead atoms. The normalized spacial score (nSPS) is 13.7. The molecule has 0 saturated carbocycles. The fourth-order valence-corrected chi connectivity index (χ4v) is 2.28. The lowest BCUT2D eigenvalue weighted by Crippen LogP contribution is -2.35. The Hall–Kier alpha value is -2.49. The van der Waals surface area contributed by atoms with Crippen LogP contribution in [0.2, 0.25) is 0 Å². The van der Waals surface area contributed by atoms with Crippen molar-refractivity contribution in [2.75, 3.05) is 30.9 Å². The quantitative estimate of drug-likeness (QED) is 0.910.